The maximum Gasteiger partial charge on any atom is 0.576 e. The van der Waals surface area contributed by atoms with Crippen LogP contribution in [0.5, 0.6) is 11.5 Å². The second kappa shape index (κ2) is 8.14. The van der Waals surface area contributed by atoms with E-state index < -0.39 is 23.6 Å². The topological polar surface area (TPSA) is 71.1 Å². The molecule has 130 valence electrons. The van der Waals surface area contributed by atoms with Gasteiger partial charge in [0.15, 0.2) is 0 Å². The highest BCUT2D eigenvalue weighted by atomic mass is 19.1. The molecule has 2 aromatic rings. The minimum atomic E-state index is -0.808. The lowest BCUT2D eigenvalue weighted by Crippen LogP contribution is -2.12. The van der Waals surface area contributed by atoms with Crippen LogP contribution in [0.4, 0.5) is 8.78 Å². The van der Waals surface area contributed by atoms with E-state index >= 15 is 0 Å². The van der Waals surface area contributed by atoms with Crippen LogP contribution in [0.2, 0.25) is 0 Å². The minimum Gasteiger partial charge on any atom is -0.528 e. The van der Waals surface area contributed by atoms with Gasteiger partial charge in [0.05, 0.1) is 25.3 Å². The molecule has 0 radical (unpaired) electrons. The molecule has 0 spiro atoms. The monoisotopic (exact) mass is 350 g/mol. The number of carbonyl (C=O) groups is 2. The zero-order valence-electron chi connectivity index (χ0n) is 13.4. The van der Waals surface area contributed by atoms with Gasteiger partial charge in [0.2, 0.25) is 0 Å². The summed E-state index contributed by atoms with van der Waals surface area (Å²) < 4.78 is 46.7. The van der Waals surface area contributed by atoms with Crippen molar-refractivity contribution in [3.8, 4) is 11.5 Å². The fraction of sp³-hybridized carbons (Fsp3) is 0.125. The van der Waals surface area contributed by atoms with Gasteiger partial charge in [0, 0.05) is 12.1 Å². The van der Waals surface area contributed by atoms with Crippen LogP contribution in [0, 0.1) is 11.6 Å². The molecule has 0 bridgehead atoms. The van der Waals surface area contributed by atoms with E-state index in [0.717, 1.165) is 26.4 Å². The lowest BCUT2D eigenvalue weighted by Gasteiger charge is -2.09. The van der Waals surface area contributed by atoms with Crippen LogP contribution in [0.1, 0.15) is 20.7 Å². The number of rotatable bonds is 6. The van der Waals surface area contributed by atoms with Gasteiger partial charge in [-0.05, 0) is 24.3 Å². The number of hydrogen-bond donors (Lipinski definition) is 0. The Morgan fingerprint density at radius 2 is 1.20 bits per heavy atom. The molecule has 0 aliphatic heterocycles. The molecule has 6 nitrogen and oxygen atoms in total. The zero-order chi connectivity index (χ0) is 18.4. The van der Waals surface area contributed by atoms with Crippen molar-refractivity contribution in [1.82, 2.24) is 0 Å². The van der Waals surface area contributed by atoms with Crippen molar-refractivity contribution < 1.29 is 37.2 Å². The van der Waals surface area contributed by atoms with E-state index in [1.165, 1.54) is 24.3 Å². The standard InChI is InChI=1S/C16H13BF2O6/c1-22-15(20)11-5-3-9(7-13(11)18)24-17-25-10-4-6-12(14(19)8-10)16(21)23-2/h3-8,17H,1-2H3. The molecule has 0 aliphatic rings. The van der Waals surface area contributed by atoms with Crippen molar-refractivity contribution in [3.63, 3.8) is 0 Å². The van der Waals surface area contributed by atoms with Gasteiger partial charge in [-0.1, -0.05) is 0 Å². The lowest BCUT2D eigenvalue weighted by molar-refractivity contribution is 0.0586. The largest absolute Gasteiger partial charge is 0.576 e. The summed E-state index contributed by atoms with van der Waals surface area (Å²) in [5.74, 6) is -3.01. The summed E-state index contributed by atoms with van der Waals surface area (Å²) in [7, 11) is 1.95. The highest BCUT2D eigenvalue weighted by molar-refractivity contribution is 6.20. The molecule has 0 heterocycles. The number of benzene rings is 2. The van der Waals surface area contributed by atoms with Gasteiger partial charge < -0.3 is 18.8 Å². The number of methoxy groups -OCH3 is 2. The smallest absolute Gasteiger partial charge is 0.528 e. The van der Waals surface area contributed by atoms with E-state index in [9.17, 15) is 18.4 Å². The van der Waals surface area contributed by atoms with Gasteiger partial charge in [-0.25, -0.2) is 18.4 Å². The average molecular weight is 350 g/mol. The van der Waals surface area contributed by atoms with E-state index in [4.69, 9.17) is 9.31 Å². The molecule has 0 aliphatic carbocycles. The quantitative estimate of drug-likeness (QED) is 0.588. The molecule has 9 heteroatoms. The fourth-order valence-electron chi connectivity index (χ4n) is 1.89. The highest BCUT2D eigenvalue weighted by Crippen LogP contribution is 2.19. The Labute approximate surface area is 142 Å². The Morgan fingerprint density at radius 3 is 1.52 bits per heavy atom. The van der Waals surface area contributed by atoms with E-state index in [-0.39, 0.29) is 30.3 Å². The Kier molecular flexibility index (Phi) is 5.94. The molecule has 0 unspecified atom stereocenters. The first-order valence-corrected chi connectivity index (χ1v) is 6.97. The maximum absolute atomic E-state index is 13.7. The number of ether oxygens (including phenoxy) is 2. The van der Waals surface area contributed by atoms with Crippen molar-refractivity contribution in [2.45, 2.75) is 0 Å². The van der Waals surface area contributed by atoms with Gasteiger partial charge in [-0.2, -0.15) is 0 Å². The Bertz CT molecular complexity index is 731. The summed E-state index contributed by atoms with van der Waals surface area (Å²) in [6.07, 6.45) is 0. The van der Waals surface area contributed by atoms with Crippen molar-refractivity contribution in [1.29, 1.82) is 0 Å². The highest BCUT2D eigenvalue weighted by Gasteiger charge is 2.14. The molecule has 0 N–H and O–H groups in total. The molecule has 0 saturated carbocycles. The molecule has 0 atom stereocenters. The van der Waals surface area contributed by atoms with Crippen LogP contribution in [0.15, 0.2) is 36.4 Å². The Balaban J connectivity index is 1.97. The summed E-state index contributed by atoms with van der Waals surface area (Å²) in [6.45, 7) is 0. The minimum absolute atomic E-state index is 0.108. The molecular formula is C16H13BF2O6. The van der Waals surface area contributed by atoms with Gasteiger partial charge in [0.1, 0.15) is 23.1 Å². The van der Waals surface area contributed by atoms with E-state index in [1.54, 1.807) is 0 Å². The van der Waals surface area contributed by atoms with Crippen LogP contribution in [-0.2, 0) is 9.47 Å². The van der Waals surface area contributed by atoms with Crippen LogP contribution in [-0.4, -0.2) is 33.8 Å². The molecule has 0 amide bonds. The second-order valence-corrected chi connectivity index (χ2v) is 4.67. The number of carbonyl (C=O) groups excluding carboxylic acids is 2. The summed E-state index contributed by atoms with van der Waals surface area (Å²) in [5.41, 5.74) is -0.451. The van der Waals surface area contributed by atoms with Gasteiger partial charge in [-0.15, -0.1) is 0 Å². The van der Waals surface area contributed by atoms with Gasteiger partial charge in [-0.3, -0.25) is 0 Å². The molecule has 0 fully saturated rings. The molecular weight excluding hydrogens is 337 g/mol. The predicted molar refractivity (Wildman–Crippen MR) is 83.9 cm³/mol. The van der Waals surface area contributed by atoms with Crippen molar-refractivity contribution >= 4 is 19.6 Å². The first kappa shape index (κ1) is 18.2. The summed E-state index contributed by atoms with van der Waals surface area (Å²) in [5, 5.41) is 0. The number of esters is 2. The van der Waals surface area contributed by atoms with E-state index in [2.05, 4.69) is 9.47 Å². The first-order chi connectivity index (χ1) is 12.0. The van der Waals surface area contributed by atoms with E-state index in [0.29, 0.717) is 0 Å². The second-order valence-electron chi connectivity index (χ2n) is 4.67. The average Bonchev–Trinajstić information content (AvgIpc) is 2.60. The SMILES string of the molecule is COC(=O)c1ccc(OBOc2ccc(C(=O)OC)c(F)c2)cc1F. The number of halogens is 2. The first-order valence-electron chi connectivity index (χ1n) is 6.97. The van der Waals surface area contributed by atoms with Crippen LogP contribution >= 0.6 is 0 Å². The number of hydrogen-bond acceptors (Lipinski definition) is 6. The normalized spacial score (nSPS) is 9.92. The molecule has 0 aromatic heterocycles. The molecule has 25 heavy (non-hydrogen) atoms. The third-order valence-corrected chi connectivity index (χ3v) is 3.14. The lowest BCUT2D eigenvalue weighted by atomic mass is 10.2. The predicted octanol–water partition coefficient (Wildman–Crippen LogP) is 2.26. The third-order valence-electron chi connectivity index (χ3n) is 3.14. The van der Waals surface area contributed by atoms with E-state index in [1.807, 2.05) is 0 Å². The maximum atomic E-state index is 13.7. The molecule has 2 aromatic carbocycles. The summed E-state index contributed by atoms with van der Waals surface area (Å²) in [6, 6.07) is 7.13. The van der Waals surface area contributed by atoms with Crippen LogP contribution in [0.3, 0.4) is 0 Å². The van der Waals surface area contributed by atoms with Crippen molar-refractivity contribution in [2.75, 3.05) is 14.2 Å². The summed E-state index contributed by atoms with van der Waals surface area (Å²) >= 11 is 0. The Morgan fingerprint density at radius 1 is 0.800 bits per heavy atom. The Hall–Kier alpha value is -3.10. The van der Waals surface area contributed by atoms with Crippen molar-refractivity contribution in [2.24, 2.45) is 0 Å². The zero-order valence-corrected chi connectivity index (χ0v) is 13.4. The summed E-state index contributed by atoms with van der Waals surface area (Å²) in [4.78, 5) is 22.6. The van der Waals surface area contributed by atoms with Crippen LogP contribution < -0.4 is 9.31 Å². The van der Waals surface area contributed by atoms with Crippen LogP contribution in [0.25, 0.3) is 0 Å². The van der Waals surface area contributed by atoms with Gasteiger partial charge in [0.25, 0.3) is 0 Å². The van der Waals surface area contributed by atoms with Crippen molar-refractivity contribution in [3.05, 3.63) is 59.2 Å². The van der Waals surface area contributed by atoms with Gasteiger partial charge >= 0.3 is 19.6 Å². The molecule has 2 rings (SSSR count). The third kappa shape index (κ3) is 4.47. The molecule has 0 saturated heterocycles. The fourth-order valence-corrected chi connectivity index (χ4v) is 1.89.